The normalized spacial score (nSPS) is 12.9. The highest BCUT2D eigenvalue weighted by Crippen LogP contribution is 2.26. The van der Waals surface area contributed by atoms with Gasteiger partial charge in [-0.2, -0.15) is 0 Å². The number of ether oxygens (including phenoxy) is 2. The number of hydrogen-bond acceptors (Lipinski definition) is 6. The van der Waals surface area contributed by atoms with Crippen molar-refractivity contribution in [3.05, 3.63) is 97.1 Å². The van der Waals surface area contributed by atoms with Crippen molar-refractivity contribution in [3.63, 3.8) is 0 Å². The van der Waals surface area contributed by atoms with Gasteiger partial charge in [0.25, 0.3) is 0 Å². The number of aliphatic hydroxyl groups excluding tert-OH is 2. The van der Waals surface area contributed by atoms with E-state index in [0.717, 1.165) is 32.1 Å². The molecule has 2 N–H and O–H groups in total. The minimum absolute atomic E-state index is 0.241. The number of fused-ring (bicyclic) bond motifs is 1. The Labute approximate surface area is 208 Å². The summed E-state index contributed by atoms with van der Waals surface area (Å²) in [5, 5.41) is 22.5. The van der Waals surface area contributed by atoms with E-state index in [1.54, 1.807) is 23.5 Å². The fourth-order valence-corrected chi connectivity index (χ4v) is 4.94. The Hall–Kier alpha value is -2.64. The first-order valence-corrected chi connectivity index (χ1v) is 13.1. The Morgan fingerprint density at radius 3 is 1.38 bits per heavy atom. The molecule has 6 heteroatoms. The van der Waals surface area contributed by atoms with Crippen LogP contribution in [0.25, 0.3) is 10.8 Å². The van der Waals surface area contributed by atoms with Crippen LogP contribution in [0.1, 0.15) is 0 Å². The number of hydrogen-bond donors (Lipinski definition) is 2. The van der Waals surface area contributed by atoms with Crippen LogP contribution in [0.4, 0.5) is 0 Å². The van der Waals surface area contributed by atoms with E-state index in [-0.39, 0.29) is 13.2 Å². The molecule has 176 valence electrons. The van der Waals surface area contributed by atoms with E-state index in [9.17, 15) is 10.2 Å². The van der Waals surface area contributed by atoms with Crippen molar-refractivity contribution in [3.8, 4) is 11.5 Å². The largest absolute Gasteiger partial charge is 0.491 e. The smallest absolute Gasteiger partial charge is 0.120 e. The molecule has 0 spiro atoms. The highest BCUT2D eigenvalue weighted by atomic mass is 32.2. The molecule has 0 aromatic heterocycles. The van der Waals surface area contributed by atoms with Gasteiger partial charge in [0.05, 0.1) is 12.2 Å². The van der Waals surface area contributed by atoms with Gasteiger partial charge in [-0.3, -0.25) is 0 Å². The lowest BCUT2D eigenvalue weighted by atomic mass is 10.1. The molecule has 2 unspecified atom stereocenters. The molecule has 4 aromatic rings. The van der Waals surface area contributed by atoms with Crippen molar-refractivity contribution in [2.75, 3.05) is 24.7 Å². The van der Waals surface area contributed by atoms with E-state index in [0.29, 0.717) is 11.5 Å². The molecule has 0 aliphatic carbocycles. The molecule has 0 fully saturated rings. The van der Waals surface area contributed by atoms with Gasteiger partial charge in [-0.25, -0.2) is 0 Å². The van der Waals surface area contributed by atoms with Crippen LogP contribution in [0.2, 0.25) is 0 Å². The predicted molar refractivity (Wildman–Crippen MR) is 141 cm³/mol. The maximum absolute atomic E-state index is 10.2. The molecule has 0 bridgehead atoms. The summed E-state index contributed by atoms with van der Waals surface area (Å²) in [6.07, 6.45) is -1.11. The van der Waals surface area contributed by atoms with Crippen LogP contribution in [-0.4, -0.2) is 47.1 Å². The molecular formula is C28H28O4S2. The van der Waals surface area contributed by atoms with Gasteiger partial charge >= 0.3 is 0 Å². The Morgan fingerprint density at radius 1 is 0.559 bits per heavy atom. The fourth-order valence-electron chi connectivity index (χ4n) is 3.28. The van der Waals surface area contributed by atoms with Crippen molar-refractivity contribution < 1.29 is 19.7 Å². The van der Waals surface area contributed by atoms with E-state index in [1.807, 2.05) is 97.1 Å². The standard InChI is InChI=1S/C28H28O4S2/c29-23(19-33-27-7-3-1-4-8-27)17-31-25-13-11-22-16-26(14-12-21(22)15-25)32-18-24(30)20-34-28-9-5-2-6-10-28/h1-16,23-24,29-30H,17-20H2. The molecule has 0 amide bonds. The first kappa shape index (κ1) is 24.5. The number of aliphatic hydroxyl groups is 2. The highest BCUT2D eigenvalue weighted by molar-refractivity contribution is 7.99. The van der Waals surface area contributed by atoms with E-state index in [4.69, 9.17) is 9.47 Å². The van der Waals surface area contributed by atoms with E-state index in [1.165, 1.54) is 0 Å². The number of rotatable bonds is 12. The monoisotopic (exact) mass is 492 g/mol. The molecule has 2 atom stereocenters. The summed E-state index contributed by atoms with van der Waals surface area (Å²) in [5.74, 6) is 2.60. The van der Waals surface area contributed by atoms with Gasteiger partial charge in [0.2, 0.25) is 0 Å². The number of benzene rings is 4. The Balaban J connectivity index is 1.23. The van der Waals surface area contributed by atoms with Gasteiger partial charge < -0.3 is 19.7 Å². The summed E-state index contributed by atoms with van der Waals surface area (Å²) in [6.45, 7) is 0.483. The zero-order valence-electron chi connectivity index (χ0n) is 18.7. The average molecular weight is 493 g/mol. The van der Waals surface area contributed by atoms with Crippen molar-refractivity contribution >= 4 is 34.3 Å². The zero-order valence-corrected chi connectivity index (χ0v) is 20.4. The maximum atomic E-state index is 10.2. The second kappa shape index (κ2) is 12.7. The molecule has 0 aliphatic rings. The van der Waals surface area contributed by atoms with E-state index < -0.39 is 12.2 Å². The summed E-state index contributed by atoms with van der Waals surface area (Å²) < 4.78 is 11.6. The van der Waals surface area contributed by atoms with Gasteiger partial charge in [-0.15, -0.1) is 23.5 Å². The molecule has 34 heavy (non-hydrogen) atoms. The molecular weight excluding hydrogens is 464 g/mol. The van der Waals surface area contributed by atoms with Crippen LogP contribution >= 0.6 is 23.5 Å². The molecule has 4 nitrogen and oxygen atoms in total. The van der Waals surface area contributed by atoms with Crippen LogP contribution in [0.5, 0.6) is 11.5 Å². The van der Waals surface area contributed by atoms with Crippen LogP contribution in [0.15, 0.2) is 107 Å². The minimum Gasteiger partial charge on any atom is -0.491 e. The summed E-state index contributed by atoms with van der Waals surface area (Å²) in [5.41, 5.74) is 0. The second-order valence-corrected chi connectivity index (χ2v) is 10.0. The SMILES string of the molecule is OC(COc1ccc2cc(OCC(O)CSc3ccccc3)ccc2c1)CSc1ccccc1. The molecule has 0 saturated carbocycles. The van der Waals surface area contributed by atoms with Crippen molar-refractivity contribution in [1.82, 2.24) is 0 Å². The molecule has 4 rings (SSSR count). The zero-order chi connectivity index (χ0) is 23.6. The number of thioether (sulfide) groups is 2. The van der Waals surface area contributed by atoms with Gasteiger partial charge in [0, 0.05) is 21.3 Å². The van der Waals surface area contributed by atoms with E-state index >= 15 is 0 Å². The highest BCUT2D eigenvalue weighted by Gasteiger charge is 2.09. The third-order valence-corrected chi connectivity index (χ3v) is 7.35. The first-order chi connectivity index (χ1) is 16.7. The average Bonchev–Trinajstić information content (AvgIpc) is 2.89. The summed E-state index contributed by atoms with van der Waals surface area (Å²) in [7, 11) is 0. The van der Waals surface area contributed by atoms with Crippen molar-refractivity contribution in [1.29, 1.82) is 0 Å². The topological polar surface area (TPSA) is 58.9 Å². The third kappa shape index (κ3) is 7.71. The van der Waals surface area contributed by atoms with Crippen LogP contribution in [0, 0.1) is 0 Å². The van der Waals surface area contributed by atoms with Gasteiger partial charge in [0.15, 0.2) is 0 Å². The second-order valence-electron chi connectivity index (χ2n) is 7.85. The van der Waals surface area contributed by atoms with Gasteiger partial charge in [0.1, 0.15) is 24.7 Å². The Morgan fingerprint density at radius 2 is 0.971 bits per heavy atom. The van der Waals surface area contributed by atoms with Gasteiger partial charge in [-0.1, -0.05) is 48.5 Å². The summed E-state index contributed by atoms with van der Waals surface area (Å²) >= 11 is 3.23. The predicted octanol–water partition coefficient (Wildman–Crippen LogP) is 5.90. The summed E-state index contributed by atoms with van der Waals surface area (Å²) in [6, 6.07) is 31.7. The molecule has 0 heterocycles. The molecule has 0 aliphatic heterocycles. The van der Waals surface area contributed by atoms with Crippen molar-refractivity contribution in [2.45, 2.75) is 22.0 Å². The minimum atomic E-state index is -0.553. The lowest BCUT2D eigenvalue weighted by Crippen LogP contribution is -2.20. The third-order valence-electron chi connectivity index (χ3n) is 5.04. The first-order valence-electron chi connectivity index (χ1n) is 11.2. The van der Waals surface area contributed by atoms with Gasteiger partial charge in [-0.05, 0) is 59.3 Å². The molecule has 0 radical (unpaired) electrons. The quantitative estimate of drug-likeness (QED) is 0.240. The molecule has 4 aromatic carbocycles. The maximum Gasteiger partial charge on any atom is 0.120 e. The van der Waals surface area contributed by atoms with Crippen molar-refractivity contribution in [2.24, 2.45) is 0 Å². The van der Waals surface area contributed by atoms with E-state index in [2.05, 4.69) is 0 Å². The van der Waals surface area contributed by atoms with Crippen LogP contribution < -0.4 is 9.47 Å². The molecule has 0 saturated heterocycles. The lowest BCUT2D eigenvalue weighted by molar-refractivity contribution is 0.126. The van der Waals surface area contributed by atoms with Crippen LogP contribution in [0.3, 0.4) is 0 Å². The lowest BCUT2D eigenvalue weighted by Gasteiger charge is -2.14. The fraction of sp³-hybridized carbons (Fsp3) is 0.214. The van der Waals surface area contributed by atoms with Crippen LogP contribution in [-0.2, 0) is 0 Å². The Kier molecular flexibility index (Phi) is 9.16. The summed E-state index contributed by atoms with van der Waals surface area (Å²) in [4.78, 5) is 2.26. The Bertz CT molecular complexity index is 1060.